The van der Waals surface area contributed by atoms with Crippen molar-refractivity contribution in [1.29, 1.82) is 0 Å². The van der Waals surface area contributed by atoms with Crippen molar-refractivity contribution in [2.45, 2.75) is 52.0 Å². The Morgan fingerprint density at radius 1 is 1.44 bits per heavy atom. The summed E-state index contributed by atoms with van der Waals surface area (Å²) in [5, 5.41) is 9.05. The van der Waals surface area contributed by atoms with Crippen molar-refractivity contribution in [3.63, 3.8) is 0 Å². The zero-order valence-electron chi connectivity index (χ0n) is 10.1. The molecule has 0 bridgehead atoms. The zero-order chi connectivity index (χ0) is 12.1. The number of rotatable bonds is 4. The lowest BCUT2D eigenvalue weighted by molar-refractivity contribution is -0.152. The summed E-state index contributed by atoms with van der Waals surface area (Å²) in [5.41, 5.74) is 0. The molecule has 0 aromatic rings. The van der Waals surface area contributed by atoms with Crippen LogP contribution in [0.4, 0.5) is 0 Å². The minimum absolute atomic E-state index is 0.00134. The van der Waals surface area contributed by atoms with Gasteiger partial charge in [0.1, 0.15) is 6.04 Å². The van der Waals surface area contributed by atoms with Gasteiger partial charge in [-0.05, 0) is 25.2 Å². The van der Waals surface area contributed by atoms with Gasteiger partial charge in [0.05, 0.1) is 0 Å². The first-order chi connectivity index (χ1) is 7.56. The quantitative estimate of drug-likeness (QED) is 0.797. The van der Waals surface area contributed by atoms with Gasteiger partial charge in [-0.3, -0.25) is 4.79 Å². The Kier molecular flexibility index (Phi) is 4.77. The fraction of sp³-hybridized carbons (Fsp3) is 0.833. The van der Waals surface area contributed by atoms with E-state index in [1.807, 2.05) is 13.8 Å². The summed E-state index contributed by atoms with van der Waals surface area (Å²) in [7, 11) is 0. The molecule has 1 unspecified atom stereocenters. The maximum absolute atomic E-state index is 11.9. The Labute approximate surface area is 96.6 Å². The highest BCUT2D eigenvalue weighted by Gasteiger charge is 2.31. The first-order valence-electron chi connectivity index (χ1n) is 6.08. The Bertz CT molecular complexity index is 265. The van der Waals surface area contributed by atoms with Gasteiger partial charge >= 0.3 is 5.97 Å². The van der Waals surface area contributed by atoms with Gasteiger partial charge in [-0.25, -0.2) is 4.79 Å². The molecule has 1 fully saturated rings. The second-order valence-corrected chi connectivity index (χ2v) is 4.65. The highest BCUT2D eigenvalue weighted by atomic mass is 16.4. The van der Waals surface area contributed by atoms with Crippen LogP contribution in [0.5, 0.6) is 0 Å². The molecule has 1 aliphatic rings. The van der Waals surface area contributed by atoms with Crippen molar-refractivity contribution in [1.82, 2.24) is 4.90 Å². The molecule has 0 aromatic carbocycles. The summed E-state index contributed by atoms with van der Waals surface area (Å²) in [5.74, 6) is -0.525. The lowest BCUT2D eigenvalue weighted by Crippen LogP contribution is -2.48. The van der Waals surface area contributed by atoms with Crippen LogP contribution in [0.15, 0.2) is 0 Å². The fourth-order valence-electron chi connectivity index (χ4n) is 2.05. The van der Waals surface area contributed by atoms with E-state index in [0.717, 1.165) is 19.3 Å². The standard InChI is InChI=1S/C12H21NO3/c1-3-9(2)8-11(14)13-7-5-4-6-10(13)12(15)16/h9-10H,3-8H2,1-2H3,(H,15,16)/t9?,10-/m0/s1. The molecule has 0 saturated carbocycles. The Morgan fingerprint density at radius 2 is 2.12 bits per heavy atom. The molecule has 0 aromatic heterocycles. The van der Waals surface area contributed by atoms with Crippen LogP contribution in [-0.2, 0) is 9.59 Å². The lowest BCUT2D eigenvalue weighted by Gasteiger charge is -2.33. The highest BCUT2D eigenvalue weighted by Crippen LogP contribution is 2.20. The minimum atomic E-state index is -0.864. The van der Waals surface area contributed by atoms with Crippen LogP contribution in [0.25, 0.3) is 0 Å². The number of hydrogen-bond donors (Lipinski definition) is 1. The van der Waals surface area contributed by atoms with Crippen molar-refractivity contribution in [3.8, 4) is 0 Å². The Hall–Kier alpha value is -1.06. The number of hydrogen-bond acceptors (Lipinski definition) is 2. The predicted octanol–water partition coefficient (Wildman–Crippen LogP) is 1.89. The average Bonchev–Trinajstić information content (AvgIpc) is 2.28. The molecule has 4 nitrogen and oxygen atoms in total. The number of amides is 1. The monoisotopic (exact) mass is 227 g/mol. The third-order valence-corrected chi connectivity index (χ3v) is 3.33. The van der Waals surface area contributed by atoms with Crippen LogP contribution in [-0.4, -0.2) is 34.5 Å². The van der Waals surface area contributed by atoms with E-state index >= 15 is 0 Å². The number of carbonyl (C=O) groups excluding carboxylic acids is 1. The van der Waals surface area contributed by atoms with Gasteiger partial charge in [-0.2, -0.15) is 0 Å². The van der Waals surface area contributed by atoms with E-state index in [4.69, 9.17) is 5.11 Å². The molecule has 0 spiro atoms. The van der Waals surface area contributed by atoms with Gasteiger partial charge in [0, 0.05) is 13.0 Å². The fourth-order valence-corrected chi connectivity index (χ4v) is 2.05. The molecule has 1 aliphatic heterocycles. The van der Waals surface area contributed by atoms with Gasteiger partial charge in [0.25, 0.3) is 0 Å². The van der Waals surface area contributed by atoms with E-state index in [2.05, 4.69) is 0 Å². The number of nitrogens with zero attached hydrogens (tertiary/aromatic N) is 1. The van der Waals surface area contributed by atoms with Crippen molar-refractivity contribution in [2.75, 3.05) is 6.54 Å². The van der Waals surface area contributed by atoms with E-state index in [1.165, 1.54) is 0 Å². The molecule has 1 N–H and O–H groups in total. The van der Waals surface area contributed by atoms with E-state index in [0.29, 0.717) is 25.3 Å². The van der Waals surface area contributed by atoms with E-state index < -0.39 is 12.0 Å². The second kappa shape index (κ2) is 5.87. The van der Waals surface area contributed by atoms with Gasteiger partial charge in [-0.15, -0.1) is 0 Å². The van der Waals surface area contributed by atoms with Crippen molar-refractivity contribution >= 4 is 11.9 Å². The van der Waals surface area contributed by atoms with Crippen LogP contribution in [0.1, 0.15) is 46.0 Å². The first kappa shape index (κ1) is 13.0. The molecule has 0 aliphatic carbocycles. The summed E-state index contributed by atoms with van der Waals surface area (Å²) in [6.45, 7) is 4.67. The summed E-state index contributed by atoms with van der Waals surface area (Å²) >= 11 is 0. The molecule has 16 heavy (non-hydrogen) atoms. The summed E-state index contributed by atoms with van der Waals surface area (Å²) < 4.78 is 0. The lowest BCUT2D eigenvalue weighted by atomic mass is 9.99. The maximum atomic E-state index is 11.9. The number of aliphatic carboxylic acids is 1. The number of carboxylic acids is 1. The molecule has 1 heterocycles. The number of carboxylic acid groups (broad SMARTS) is 1. The summed E-state index contributed by atoms with van der Waals surface area (Å²) in [4.78, 5) is 24.5. The summed E-state index contributed by atoms with van der Waals surface area (Å²) in [6.07, 6.45) is 3.86. The van der Waals surface area contributed by atoms with Gasteiger partial charge < -0.3 is 10.0 Å². The van der Waals surface area contributed by atoms with Crippen molar-refractivity contribution in [2.24, 2.45) is 5.92 Å². The van der Waals surface area contributed by atoms with E-state index in [-0.39, 0.29) is 5.91 Å². The molecule has 1 amide bonds. The van der Waals surface area contributed by atoms with Crippen LogP contribution < -0.4 is 0 Å². The maximum Gasteiger partial charge on any atom is 0.326 e. The zero-order valence-corrected chi connectivity index (χ0v) is 10.1. The second-order valence-electron chi connectivity index (χ2n) is 4.65. The van der Waals surface area contributed by atoms with Crippen LogP contribution in [0.2, 0.25) is 0 Å². The van der Waals surface area contributed by atoms with Crippen molar-refractivity contribution in [3.05, 3.63) is 0 Å². The first-order valence-corrected chi connectivity index (χ1v) is 6.08. The number of piperidine rings is 1. The smallest absolute Gasteiger partial charge is 0.326 e. The van der Waals surface area contributed by atoms with Crippen LogP contribution in [0.3, 0.4) is 0 Å². The molecule has 4 heteroatoms. The topological polar surface area (TPSA) is 57.6 Å². The number of carbonyl (C=O) groups is 2. The molecule has 92 valence electrons. The number of likely N-dealkylation sites (tertiary alicyclic amines) is 1. The molecular formula is C12H21NO3. The molecule has 2 atom stereocenters. The third-order valence-electron chi connectivity index (χ3n) is 3.33. The normalized spacial score (nSPS) is 22.9. The van der Waals surface area contributed by atoms with Gasteiger partial charge in [-0.1, -0.05) is 20.3 Å². The van der Waals surface area contributed by atoms with E-state index in [9.17, 15) is 9.59 Å². The molecule has 1 rings (SSSR count). The largest absolute Gasteiger partial charge is 0.480 e. The van der Waals surface area contributed by atoms with Gasteiger partial charge in [0.15, 0.2) is 0 Å². The SMILES string of the molecule is CCC(C)CC(=O)N1CCCC[C@H]1C(=O)O. The Morgan fingerprint density at radius 3 is 2.69 bits per heavy atom. The molecular weight excluding hydrogens is 206 g/mol. The predicted molar refractivity (Wildman–Crippen MR) is 61.1 cm³/mol. The van der Waals surface area contributed by atoms with Gasteiger partial charge in [0.2, 0.25) is 5.91 Å². The minimum Gasteiger partial charge on any atom is -0.480 e. The third kappa shape index (κ3) is 3.22. The summed E-state index contributed by atoms with van der Waals surface area (Å²) in [6, 6.07) is -0.592. The van der Waals surface area contributed by atoms with Crippen LogP contribution >= 0.6 is 0 Å². The Balaban J connectivity index is 2.60. The van der Waals surface area contributed by atoms with Crippen LogP contribution in [0, 0.1) is 5.92 Å². The average molecular weight is 227 g/mol. The molecule has 0 radical (unpaired) electrons. The molecule has 1 saturated heterocycles. The van der Waals surface area contributed by atoms with E-state index in [1.54, 1.807) is 4.90 Å². The van der Waals surface area contributed by atoms with Crippen molar-refractivity contribution < 1.29 is 14.7 Å². The highest BCUT2D eigenvalue weighted by molar-refractivity contribution is 5.84.